The molecule has 1 amide bonds. The van der Waals surface area contributed by atoms with Crippen molar-refractivity contribution in [3.8, 4) is 0 Å². The summed E-state index contributed by atoms with van der Waals surface area (Å²) in [6, 6.07) is 0.929. The zero-order valence-corrected chi connectivity index (χ0v) is 10.0. The molecular formula is C12H22N2O. The van der Waals surface area contributed by atoms with Crippen molar-refractivity contribution in [2.45, 2.75) is 63.6 Å². The molecule has 3 nitrogen and oxygen atoms in total. The van der Waals surface area contributed by atoms with Crippen molar-refractivity contribution in [1.29, 1.82) is 0 Å². The molecule has 15 heavy (non-hydrogen) atoms. The first-order chi connectivity index (χ1) is 6.99. The molecule has 2 aliphatic rings. The van der Waals surface area contributed by atoms with Gasteiger partial charge in [0.25, 0.3) is 0 Å². The van der Waals surface area contributed by atoms with E-state index in [2.05, 4.69) is 19.2 Å². The van der Waals surface area contributed by atoms with Gasteiger partial charge in [0.2, 0.25) is 5.91 Å². The fourth-order valence-corrected chi connectivity index (χ4v) is 2.98. The van der Waals surface area contributed by atoms with Crippen LogP contribution in [0.25, 0.3) is 0 Å². The Bertz CT molecular complexity index is 262. The van der Waals surface area contributed by atoms with E-state index in [1.807, 2.05) is 11.9 Å². The summed E-state index contributed by atoms with van der Waals surface area (Å²) in [5, 5.41) is 3.66. The number of hydrogen-bond acceptors (Lipinski definition) is 2. The number of hydrogen-bond donors (Lipinski definition) is 1. The molecule has 1 aliphatic carbocycles. The number of amides is 1. The predicted molar refractivity (Wildman–Crippen MR) is 60.6 cm³/mol. The number of rotatable bonds is 0. The normalized spacial score (nSPS) is 35.9. The Morgan fingerprint density at radius 1 is 1.33 bits per heavy atom. The summed E-state index contributed by atoms with van der Waals surface area (Å²) in [7, 11) is 1.97. The van der Waals surface area contributed by atoms with E-state index in [0.29, 0.717) is 24.4 Å². The maximum atomic E-state index is 12.0. The van der Waals surface area contributed by atoms with Gasteiger partial charge >= 0.3 is 0 Å². The van der Waals surface area contributed by atoms with Crippen LogP contribution in [0.2, 0.25) is 0 Å². The molecule has 2 fully saturated rings. The molecule has 0 spiro atoms. The number of carbonyl (C=O) groups is 1. The van der Waals surface area contributed by atoms with Crippen molar-refractivity contribution >= 4 is 5.91 Å². The van der Waals surface area contributed by atoms with Gasteiger partial charge in [0.1, 0.15) is 0 Å². The van der Waals surface area contributed by atoms with Gasteiger partial charge in [-0.3, -0.25) is 4.79 Å². The molecule has 2 atom stereocenters. The number of fused-ring (bicyclic) bond motifs is 1. The van der Waals surface area contributed by atoms with Crippen LogP contribution in [0.3, 0.4) is 0 Å². The Kier molecular flexibility index (Phi) is 2.75. The van der Waals surface area contributed by atoms with Crippen molar-refractivity contribution in [2.75, 3.05) is 7.05 Å². The lowest BCUT2D eigenvalue weighted by molar-refractivity contribution is -0.132. The minimum atomic E-state index is -0.0396. The zero-order valence-electron chi connectivity index (χ0n) is 10.0. The van der Waals surface area contributed by atoms with Crippen molar-refractivity contribution in [2.24, 2.45) is 0 Å². The van der Waals surface area contributed by atoms with E-state index >= 15 is 0 Å². The average molecular weight is 210 g/mol. The molecule has 0 aromatic carbocycles. The van der Waals surface area contributed by atoms with Gasteiger partial charge in [-0.25, -0.2) is 0 Å². The molecule has 0 unspecified atom stereocenters. The Morgan fingerprint density at radius 3 is 2.73 bits per heavy atom. The van der Waals surface area contributed by atoms with Crippen molar-refractivity contribution in [3.63, 3.8) is 0 Å². The highest BCUT2D eigenvalue weighted by Gasteiger charge is 2.39. The smallest absolute Gasteiger partial charge is 0.224 e. The SMILES string of the molecule is CN1C(=O)CC(C)(C)N[C@@H]2CCCC[C@@H]21. The molecular weight excluding hydrogens is 188 g/mol. The Hall–Kier alpha value is -0.570. The molecule has 0 radical (unpaired) electrons. The van der Waals surface area contributed by atoms with Crippen LogP contribution in [0.1, 0.15) is 46.0 Å². The van der Waals surface area contributed by atoms with Gasteiger partial charge in [-0.15, -0.1) is 0 Å². The van der Waals surface area contributed by atoms with Crippen LogP contribution >= 0.6 is 0 Å². The second kappa shape index (κ2) is 3.78. The Morgan fingerprint density at radius 2 is 2.00 bits per heavy atom. The van der Waals surface area contributed by atoms with Gasteiger partial charge in [-0.1, -0.05) is 12.8 Å². The highest BCUT2D eigenvalue weighted by Crippen LogP contribution is 2.28. The zero-order chi connectivity index (χ0) is 11.1. The second-order valence-electron chi connectivity index (χ2n) is 5.67. The fourth-order valence-electron chi connectivity index (χ4n) is 2.98. The van der Waals surface area contributed by atoms with E-state index < -0.39 is 0 Å². The van der Waals surface area contributed by atoms with Crippen LogP contribution in [0, 0.1) is 0 Å². The molecule has 86 valence electrons. The topological polar surface area (TPSA) is 32.3 Å². The van der Waals surface area contributed by atoms with Gasteiger partial charge in [-0.2, -0.15) is 0 Å². The summed E-state index contributed by atoms with van der Waals surface area (Å²) in [6.07, 6.45) is 5.56. The van der Waals surface area contributed by atoms with Crippen LogP contribution in [0.15, 0.2) is 0 Å². The first-order valence-corrected chi connectivity index (χ1v) is 6.03. The molecule has 1 saturated carbocycles. The molecule has 1 saturated heterocycles. The summed E-state index contributed by atoms with van der Waals surface area (Å²) in [5.74, 6) is 0.293. The maximum absolute atomic E-state index is 12.0. The molecule has 1 heterocycles. The molecule has 0 bridgehead atoms. The van der Waals surface area contributed by atoms with Crippen molar-refractivity contribution in [3.05, 3.63) is 0 Å². The third-order valence-corrected chi connectivity index (χ3v) is 3.79. The lowest BCUT2D eigenvalue weighted by Crippen LogP contribution is -2.52. The van der Waals surface area contributed by atoms with E-state index in [1.54, 1.807) is 0 Å². The molecule has 0 aromatic heterocycles. The van der Waals surface area contributed by atoms with E-state index in [1.165, 1.54) is 19.3 Å². The van der Waals surface area contributed by atoms with Gasteiger partial charge in [-0.05, 0) is 26.7 Å². The first kappa shape index (κ1) is 10.9. The number of nitrogens with one attached hydrogen (secondary N) is 1. The summed E-state index contributed by atoms with van der Waals surface area (Å²) in [6.45, 7) is 4.27. The fraction of sp³-hybridized carbons (Fsp3) is 0.917. The summed E-state index contributed by atoms with van der Waals surface area (Å²) < 4.78 is 0. The van der Waals surface area contributed by atoms with Crippen LogP contribution in [-0.2, 0) is 4.79 Å². The number of nitrogens with zero attached hydrogens (tertiary/aromatic N) is 1. The molecule has 2 rings (SSSR count). The first-order valence-electron chi connectivity index (χ1n) is 6.03. The van der Waals surface area contributed by atoms with Crippen LogP contribution in [0.5, 0.6) is 0 Å². The summed E-state index contributed by atoms with van der Waals surface area (Å²) in [5.41, 5.74) is -0.0396. The molecule has 0 aromatic rings. The molecule has 3 heteroatoms. The minimum absolute atomic E-state index is 0.0396. The second-order valence-corrected chi connectivity index (χ2v) is 5.67. The molecule has 1 N–H and O–H groups in total. The standard InChI is InChI=1S/C12H22N2O/c1-12(2)8-11(15)14(3)10-7-5-4-6-9(10)13-12/h9-10,13H,4-8H2,1-3H3/t9-,10+/m1/s1. The predicted octanol–water partition coefficient (Wildman–Crippen LogP) is 1.53. The van der Waals surface area contributed by atoms with Crippen molar-refractivity contribution < 1.29 is 4.79 Å². The van der Waals surface area contributed by atoms with Crippen molar-refractivity contribution in [1.82, 2.24) is 10.2 Å². The lowest BCUT2D eigenvalue weighted by atomic mass is 9.88. The largest absolute Gasteiger partial charge is 0.341 e. The van der Waals surface area contributed by atoms with Crippen LogP contribution in [0.4, 0.5) is 0 Å². The summed E-state index contributed by atoms with van der Waals surface area (Å²) >= 11 is 0. The van der Waals surface area contributed by atoms with Gasteiger partial charge in [0.15, 0.2) is 0 Å². The number of likely N-dealkylation sites (N-methyl/N-ethyl adjacent to an activating group) is 1. The van der Waals surface area contributed by atoms with E-state index in [-0.39, 0.29) is 5.54 Å². The monoisotopic (exact) mass is 210 g/mol. The summed E-state index contributed by atoms with van der Waals surface area (Å²) in [4.78, 5) is 13.9. The highest BCUT2D eigenvalue weighted by atomic mass is 16.2. The van der Waals surface area contributed by atoms with Crippen LogP contribution < -0.4 is 5.32 Å². The van der Waals surface area contributed by atoms with E-state index in [0.717, 1.165) is 6.42 Å². The Labute approximate surface area is 92.2 Å². The lowest BCUT2D eigenvalue weighted by Gasteiger charge is -2.37. The van der Waals surface area contributed by atoms with E-state index in [4.69, 9.17) is 0 Å². The maximum Gasteiger partial charge on any atom is 0.224 e. The van der Waals surface area contributed by atoms with Gasteiger partial charge in [0.05, 0.1) is 0 Å². The van der Waals surface area contributed by atoms with Crippen LogP contribution in [-0.4, -0.2) is 35.5 Å². The quantitative estimate of drug-likeness (QED) is 0.657. The minimum Gasteiger partial charge on any atom is -0.341 e. The van der Waals surface area contributed by atoms with Gasteiger partial charge < -0.3 is 10.2 Å². The third-order valence-electron chi connectivity index (χ3n) is 3.79. The van der Waals surface area contributed by atoms with Gasteiger partial charge in [0, 0.05) is 31.1 Å². The number of carbonyl (C=O) groups excluding carboxylic acids is 1. The molecule has 1 aliphatic heterocycles. The highest BCUT2D eigenvalue weighted by molar-refractivity contribution is 5.78. The average Bonchev–Trinajstić information content (AvgIpc) is 2.23. The third kappa shape index (κ3) is 2.17. The Balaban J connectivity index is 2.21. The van der Waals surface area contributed by atoms with E-state index in [9.17, 15) is 4.79 Å².